The van der Waals surface area contributed by atoms with Crippen LogP contribution < -0.4 is 9.47 Å². The molecule has 4 rings (SSSR count). The van der Waals surface area contributed by atoms with E-state index in [0.29, 0.717) is 28.2 Å². The van der Waals surface area contributed by atoms with Crippen LogP contribution in [-0.4, -0.2) is 46.0 Å². The van der Waals surface area contributed by atoms with Gasteiger partial charge in [0.05, 0.1) is 30.4 Å². The van der Waals surface area contributed by atoms with Gasteiger partial charge < -0.3 is 24.6 Å². The lowest BCUT2D eigenvalue weighted by atomic mass is 9.95. The van der Waals surface area contributed by atoms with Crippen molar-refractivity contribution in [2.75, 3.05) is 7.11 Å². The highest BCUT2D eigenvalue weighted by Gasteiger charge is 2.46. The largest absolute Gasteiger partial charge is 0.507 e. The van der Waals surface area contributed by atoms with Crippen molar-refractivity contribution in [2.24, 2.45) is 0 Å². The lowest BCUT2D eigenvalue weighted by Crippen LogP contribution is -2.29. The molecule has 2 N–H and O–H groups in total. The third-order valence-electron chi connectivity index (χ3n) is 6.00. The molecule has 3 aromatic rings. The molecule has 37 heavy (non-hydrogen) atoms. The summed E-state index contributed by atoms with van der Waals surface area (Å²) in [6, 6.07) is 18.8. The second kappa shape index (κ2) is 10.6. The van der Waals surface area contributed by atoms with Gasteiger partial charge in [-0.05, 0) is 73.5 Å². The number of carboxylic acid groups (broad SMARTS) is 1. The topological polar surface area (TPSA) is 113 Å². The van der Waals surface area contributed by atoms with Gasteiger partial charge in [-0.25, -0.2) is 4.79 Å². The summed E-state index contributed by atoms with van der Waals surface area (Å²) in [5, 5.41) is 20.4. The number of methoxy groups -OCH3 is 1. The Morgan fingerprint density at radius 2 is 1.57 bits per heavy atom. The van der Waals surface area contributed by atoms with Gasteiger partial charge in [-0.3, -0.25) is 9.59 Å². The fourth-order valence-corrected chi connectivity index (χ4v) is 4.27. The van der Waals surface area contributed by atoms with E-state index in [1.54, 1.807) is 60.7 Å². The highest BCUT2D eigenvalue weighted by atomic mass is 16.5. The van der Waals surface area contributed by atoms with Crippen LogP contribution in [0.15, 0.2) is 78.4 Å². The van der Waals surface area contributed by atoms with Crippen molar-refractivity contribution in [3.05, 3.63) is 101 Å². The minimum atomic E-state index is -1.06. The maximum Gasteiger partial charge on any atom is 0.335 e. The molecule has 1 saturated heterocycles. The standard InChI is InChI=1S/C29H27NO7/c1-17(2)37-22-13-11-19(12-14-22)26(31)24-25(21-5-4-6-23(15-21)36-3)30(28(33)27(24)32)16-18-7-9-20(10-8-18)29(34)35/h4-15,17,25,31H,16H2,1-3H3,(H,34,35)/b26-24+. The number of hydrogen-bond donors (Lipinski definition) is 2. The number of aliphatic hydroxyl groups is 1. The Morgan fingerprint density at radius 3 is 2.16 bits per heavy atom. The molecule has 0 aromatic heterocycles. The summed E-state index contributed by atoms with van der Waals surface area (Å²) in [5.74, 6) is -1.80. The number of Topliss-reactive ketones (excluding diaryl/α,β-unsaturated/α-hetero) is 1. The van der Waals surface area contributed by atoms with Gasteiger partial charge in [0.2, 0.25) is 0 Å². The van der Waals surface area contributed by atoms with Crippen molar-refractivity contribution >= 4 is 23.4 Å². The quantitative estimate of drug-likeness (QED) is 0.259. The zero-order valence-corrected chi connectivity index (χ0v) is 20.7. The molecule has 8 heteroatoms. The van der Waals surface area contributed by atoms with E-state index >= 15 is 0 Å². The number of benzene rings is 3. The molecular weight excluding hydrogens is 474 g/mol. The van der Waals surface area contributed by atoms with Crippen LogP contribution in [0, 0.1) is 0 Å². The summed E-state index contributed by atoms with van der Waals surface area (Å²) in [6.07, 6.45) is -0.0256. The number of carbonyl (C=O) groups is 3. The first-order valence-electron chi connectivity index (χ1n) is 11.7. The van der Waals surface area contributed by atoms with Crippen LogP contribution in [0.4, 0.5) is 0 Å². The third-order valence-corrected chi connectivity index (χ3v) is 6.00. The molecule has 1 amide bonds. The Hall–Kier alpha value is -4.59. The van der Waals surface area contributed by atoms with Crippen molar-refractivity contribution in [1.29, 1.82) is 0 Å². The number of likely N-dealkylation sites (tertiary alicyclic amines) is 1. The van der Waals surface area contributed by atoms with E-state index in [9.17, 15) is 24.6 Å². The predicted molar refractivity (Wildman–Crippen MR) is 136 cm³/mol. The van der Waals surface area contributed by atoms with Crippen LogP contribution in [0.3, 0.4) is 0 Å². The lowest BCUT2D eigenvalue weighted by molar-refractivity contribution is -0.140. The van der Waals surface area contributed by atoms with Crippen molar-refractivity contribution < 1.29 is 34.1 Å². The van der Waals surface area contributed by atoms with E-state index in [-0.39, 0.29) is 29.5 Å². The molecule has 0 aliphatic carbocycles. The fourth-order valence-electron chi connectivity index (χ4n) is 4.27. The van der Waals surface area contributed by atoms with E-state index in [1.165, 1.54) is 24.1 Å². The molecule has 1 unspecified atom stereocenters. The number of carbonyl (C=O) groups excluding carboxylic acids is 2. The number of rotatable bonds is 8. The first-order valence-corrected chi connectivity index (χ1v) is 11.7. The first-order chi connectivity index (χ1) is 17.7. The number of amides is 1. The summed E-state index contributed by atoms with van der Waals surface area (Å²) < 4.78 is 11.0. The van der Waals surface area contributed by atoms with E-state index in [2.05, 4.69) is 0 Å². The zero-order chi connectivity index (χ0) is 26.7. The molecule has 0 saturated carbocycles. The van der Waals surface area contributed by atoms with Crippen molar-refractivity contribution in [3.63, 3.8) is 0 Å². The second-order valence-corrected chi connectivity index (χ2v) is 8.90. The smallest absolute Gasteiger partial charge is 0.335 e. The minimum absolute atomic E-state index is 0.0256. The monoisotopic (exact) mass is 501 g/mol. The number of aliphatic hydroxyl groups excluding tert-OH is 1. The Balaban J connectivity index is 1.79. The van der Waals surface area contributed by atoms with Crippen LogP contribution >= 0.6 is 0 Å². The second-order valence-electron chi connectivity index (χ2n) is 8.90. The summed E-state index contributed by atoms with van der Waals surface area (Å²) in [6.45, 7) is 3.84. The molecule has 1 aliphatic rings. The number of hydrogen-bond acceptors (Lipinski definition) is 6. The van der Waals surface area contributed by atoms with Crippen LogP contribution in [0.25, 0.3) is 5.76 Å². The number of aromatic carboxylic acids is 1. The van der Waals surface area contributed by atoms with Crippen molar-refractivity contribution in [2.45, 2.75) is 32.5 Å². The zero-order valence-electron chi connectivity index (χ0n) is 20.7. The third kappa shape index (κ3) is 5.33. The fraction of sp³-hybridized carbons (Fsp3) is 0.207. The van der Waals surface area contributed by atoms with Gasteiger partial charge in [-0.1, -0.05) is 24.3 Å². The van der Waals surface area contributed by atoms with Gasteiger partial charge in [0.1, 0.15) is 17.3 Å². The molecule has 1 heterocycles. The van der Waals surface area contributed by atoms with Crippen LogP contribution in [0.5, 0.6) is 11.5 Å². The SMILES string of the molecule is COc1cccc(C2/C(=C(\O)c3ccc(OC(C)C)cc3)C(=O)C(=O)N2Cc2ccc(C(=O)O)cc2)c1. The number of nitrogens with zero attached hydrogens (tertiary/aromatic N) is 1. The highest BCUT2D eigenvalue weighted by molar-refractivity contribution is 6.46. The summed E-state index contributed by atoms with van der Waals surface area (Å²) >= 11 is 0. The normalized spacial score (nSPS) is 16.8. The molecule has 0 radical (unpaired) electrons. The van der Waals surface area contributed by atoms with E-state index in [1.807, 2.05) is 13.8 Å². The Bertz CT molecular complexity index is 1360. The molecule has 0 spiro atoms. The van der Waals surface area contributed by atoms with Gasteiger partial charge in [-0.2, -0.15) is 0 Å². The molecule has 190 valence electrons. The van der Waals surface area contributed by atoms with E-state index < -0.39 is 23.7 Å². The number of carboxylic acids is 1. The van der Waals surface area contributed by atoms with Crippen LogP contribution in [-0.2, 0) is 16.1 Å². The van der Waals surface area contributed by atoms with E-state index in [0.717, 1.165) is 0 Å². The molecular formula is C29H27NO7. The van der Waals surface area contributed by atoms with Gasteiger partial charge in [0, 0.05) is 12.1 Å². The van der Waals surface area contributed by atoms with Gasteiger partial charge in [0.25, 0.3) is 11.7 Å². The first kappa shape index (κ1) is 25.5. The van der Waals surface area contributed by atoms with Crippen LogP contribution in [0.1, 0.15) is 46.9 Å². The Labute approximate surface area is 214 Å². The van der Waals surface area contributed by atoms with Crippen molar-refractivity contribution in [3.8, 4) is 11.5 Å². The number of ketones is 1. The van der Waals surface area contributed by atoms with Gasteiger partial charge >= 0.3 is 5.97 Å². The Morgan fingerprint density at radius 1 is 0.919 bits per heavy atom. The maximum absolute atomic E-state index is 13.3. The summed E-state index contributed by atoms with van der Waals surface area (Å²) in [7, 11) is 1.51. The minimum Gasteiger partial charge on any atom is -0.507 e. The summed E-state index contributed by atoms with van der Waals surface area (Å²) in [5.41, 5.74) is 1.66. The maximum atomic E-state index is 13.3. The molecule has 1 atom stereocenters. The molecule has 1 aliphatic heterocycles. The van der Waals surface area contributed by atoms with Crippen molar-refractivity contribution in [1.82, 2.24) is 4.90 Å². The van der Waals surface area contributed by atoms with Gasteiger partial charge in [0.15, 0.2) is 0 Å². The molecule has 1 fully saturated rings. The average molecular weight is 502 g/mol. The molecule has 3 aromatic carbocycles. The van der Waals surface area contributed by atoms with Crippen LogP contribution in [0.2, 0.25) is 0 Å². The van der Waals surface area contributed by atoms with E-state index in [4.69, 9.17) is 9.47 Å². The average Bonchev–Trinajstić information content (AvgIpc) is 3.13. The lowest BCUT2D eigenvalue weighted by Gasteiger charge is -2.26. The number of ether oxygens (including phenoxy) is 2. The summed E-state index contributed by atoms with van der Waals surface area (Å²) in [4.78, 5) is 39.1. The molecule has 8 nitrogen and oxygen atoms in total. The molecule has 0 bridgehead atoms. The van der Waals surface area contributed by atoms with Gasteiger partial charge in [-0.15, -0.1) is 0 Å². The predicted octanol–water partition coefficient (Wildman–Crippen LogP) is 4.80. The Kier molecular flexibility index (Phi) is 7.29. The highest BCUT2D eigenvalue weighted by Crippen LogP contribution is 2.41.